The fourth-order valence-electron chi connectivity index (χ4n) is 2.72. The highest BCUT2D eigenvalue weighted by molar-refractivity contribution is 5.94. The minimum atomic E-state index is -0.677. The van der Waals surface area contributed by atoms with Gasteiger partial charge in [0.1, 0.15) is 17.9 Å². The number of para-hydroxylation sites is 1. The van der Waals surface area contributed by atoms with E-state index in [0.29, 0.717) is 12.4 Å². The fourth-order valence-corrected chi connectivity index (χ4v) is 2.72. The van der Waals surface area contributed by atoms with Gasteiger partial charge in [0.15, 0.2) is 6.61 Å². The maximum absolute atomic E-state index is 12.5. The van der Waals surface area contributed by atoms with Crippen LogP contribution < -0.4 is 4.74 Å². The molecule has 7 heteroatoms. The predicted octanol–water partition coefficient (Wildman–Crippen LogP) is 3.39. The van der Waals surface area contributed by atoms with Crippen molar-refractivity contribution in [3.05, 3.63) is 65.2 Å². The largest absolute Gasteiger partial charge is 0.488 e. The number of ether oxygens (including phenoxy) is 2. The quantitative estimate of drug-likeness (QED) is 0.561. The third-order valence-electron chi connectivity index (χ3n) is 4.42. The molecule has 0 spiro atoms. The summed E-state index contributed by atoms with van der Waals surface area (Å²) in [4.78, 5) is 26.2. The third-order valence-corrected chi connectivity index (χ3v) is 4.42. The third kappa shape index (κ3) is 6.65. The summed E-state index contributed by atoms with van der Waals surface area (Å²) in [6.07, 6.45) is 0.279. The van der Waals surface area contributed by atoms with E-state index in [4.69, 9.17) is 20.0 Å². The number of hydrogen-bond donors (Lipinski definition) is 0. The van der Waals surface area contributed by atoms with E-state index in [-0.39, 0.29) is 31.5 Å². The second kappa shape index (κ2) is 11.9. The molecule has 0 aliphatic heterocycles. The molecule has 0 aliphatic rings. The van der Waals surface area contributed by atoms with Crippen molar-refractivity contribution in [2.24, 2.45) is 0 Å². The summed E-state index contributed by atoms with van der Waals surface area (Å²) in [6, 6.07) is 18.4. The summed E-state index contributed by atoms with van der Waals surface area (Å²) in [5, 5.41) is 17.4. The molecule has 2 aromatic carbocycles. The van der Waals surface area contributed by atoms with Gasteiger partial charge < -0.3 is 14.4 Å². The van der Waals surface area contributed by atoms with Crippen LogP contribution in [0.1, 0.15) is 34.3 Å². The summed E-state index contributed by atoms with van der Waals surface area (Å²) in [5.41, 5.74) is 2.30. The minimum Gasteiger partial charge on any atom is -0.488 e. The molecule has 2 aromatic rings. The van der Waals surface area contributed by atoms with Crippen LogP contribution in [0.5, 0.6) is 5.75 Å². The van der Waals surface area contributed by atoms with Gasteiger partial charge >= 0.3 is 5.97 Å². The zero-order chi connectivity index (χ0) is 21.8. The van der Waals surface area contributed by atoms with Crippen LogP contribution in [-0.2, 0) is 16.1 Å². The fraction of sp³-hybridized carbons (Fsp3) is 0.304. The molecule has 0 radical (unpaired) electrons. The van der Waals surface area contributed by atoms with Crippen molar-refractivity contribution in [2.75, 3.05) is 19.7 Å². The van der Waals surface area contributed by atoms with Crippen LogP contribution in [0.2, 0.25) is 0 Å². The SMILES string of the molecule is Cc1ccccc1COc1ccccc1C(=O)OCC(=O)N(CCC#N)CCC#N. The Kier molecular flexibility index (Phi) is 8.89. The molecule has 30 heavy (non-hydrogen) atoms. The molecule has 0 bridgehead atoms. The number of amides is 1. The molecule has 0 saturated carbocycles. The molecule has 1 amide bonds. The number of carbonyl (C=O) groups is 2. The molecule has 0 fully saturated rings. The summed E-state index contributed by atoms with van der Waals surface area (Å²) in [5.74, 6) is -0.763. The zero-order valence-corrected chi connectivity index (χ0v) is 16.8. The summed E-state index contributed by atoms with van der Waals surface area (Å²) < 4.78 is 11.0. The van der Waals surface area contributed by atoms with Gasteiger partial charge in [-0.2, -0.15) is 10.5 Å². The van der Waals surface area contributed by atoms with Crippen molar-refractivity contribution < 1.29 is 19.1 Å². The Hall–Kier alpha value is -3.84. The molecular formula is C23H23N3O4. The van der Waals surface area contributed by atoms with Gasteiger partial charge in [-0.3, -0.25) is 4.79 Å². The zero-order valence-electron chi connectivity index (χ0n) is 16.8. The Morgan fingerprint density at radius 1 is 0.967 bits per heavy atom. The highest BCUT2D eigenvalue weighted by Gasteiger charge is 2.18. The number of esters is 1. The molecule has 0 saturated heterocycles. The second-order valence-electron chi connectivity index (χ2n) is 6.48. The minimum absolute atomic E-state index is 0.140. The average Bonchev–Trinajstić information content (AvgIpc) is 2.77. The molecular weight excluding hydrogens is 382 g/mol. The van der Waals surface area contributed by atoms with Crippen LogP contribution in [0.3, 0.4) is 0 Å². The number of benzene rings is 2. The van der Waals surface area contributed by atoms with Crippen molar-refractivity contribution in [3.8, 4) is 17.9 Å². The van der Waals surface area contributed by atoms with Crippen molar-refractivity contribution >= 4 is 11.9 Å². The lowest BCUT2D eigenvalue weighted by atomic mass is 10.1. The maximum atomic E-state index is 12.5. The van der Waals surface area contributed by atoms with E-state index in [9.17, 15) is 9.59 Å². The van der Waals surface area contributed by atoms with Crippen LogP contribution in [-0.4, -0.2) is 36.5 Å². The maximum Gasteiger partial charge on any atom is 0.342 e. The smallest absolute Gasteiger partial charge is 0.342 e. The monoisotopic (exact) mass is 405 g/mol. The van der Waals surface area contributed by atoms with Gasteiger partial charge in [0.2, 0.25) is 0 Å². The van der Waals surface area contributed by atoms with E-state index in [1.807, 2.05) is 43.3 Å². The molecule has 0 aromatic heterocycles. The van der Waals surface area contributed by atoms with Crippen LogP contribution in [0, 0.1) is 29.6 Å². The van der Waals surface area contributed by atoms with E-state index < -0.39 is 18.5 Å². The Labute approximate surface area is 176 Å². The Morgan fingerprint density at radius 2 is 1.60 bits per heavy atom. The molecule has 0 aliphatic carbocycles. The molecule has 154 valence electrons. The van der Waals surface area contributed by atoms with Gasteiger partial charge in [0.25, 0.3) is 5.91 Å². The second-order valence-corrected chi connectivity index (χ2v) is 6.48. The topological polar surface area (TPSA) is 103 Å². The molecule has 0 N–H and O–H groups in total. The molecule has 0 heterocycles. The first kappa shape index (κ1) is 22.4. The Bertz CT molecular complexity index is 941. The standard InChI is InChI=1S/C23H23N3O4/c1-18-8-2-3-9-19(18)16-29-21-11-5-4-10-20(21)23(28)30-17-22(27)26(14-6-12-24)15-7-13-25/h2-5,8-11H,6-7,14-17H2,1H3. The van der Waals surface area contributed by atoms with Crippen LogP contribution in [0.25, 0.3) is 0 Å². The lowest BCUT2D eigenvalue weighted by molar-refractivity contribution is -0.134. The number of nitrogens with zero attached hydrogens (tertiary/aromatic N) is 3. The van der Waals surface area contributed by atoms with Gasteiger partial charge in [-0.25, -0.2) is 4.79 Å². The van der Waals surface area contributed by atoms with Gasteiger partial charge in [0, 0.05) is 13.1 Å². The highest BCUT2D eigenvalue weighted by Crippen LogP contribution is 2.21. The lowest BCUT2D eigenvalue weighted by Crippen LogP contribution is -2.36. The van der Waals surface area contributed by atoms with Crippen molar-refractivity contribution in [1.29, 1.82) is 10.5 Å². The van der Waals surface area contributed by atoms with Crippen LogP contribution in [0.4, 0.5) is 0 Å². The first-order valence-corrected chi connectivity index (χ1v) is 9.52. The van der Waals surface area contributed by atoms with Gasteiger partial charge in [0.05, 0.1) is 25.0 Å². The first-order chi connectivity index (χ1) is 14.6. The van der Waals surface area contributed by atoms with Crippen molar-refractivity contribution in [1.82, 2.24) is 4.90 Å². The summed E-state index contributed by atoms with van der Waals surface area (Å²) >= 11 is 0. The molecule has 2 rings (SSSR count). The normalized spacial score (nSPS) is 9.83. The van der Waals surface area contributed by atoms with Gasteiger partial charge in [-0.15, -0.1) is 0 Å². The number of aryl methyl sites for hydroxylation is 1. The average molecular weight is 405 g/mol. The van der Waals surface area contributed by atoms with E-state index >= 15 is 0 Å². The van der Waals surface area contributed by atoms with E-state index in [1.54, 1.807) is 24.3 Å². The first-order valence-electron chi connectivity index (χ1n) is 9.52. The Balaban J connectivity index is 1.99. The van der Waals surface area contributed by atoms with Crippen molar-refractivity contribution in [3.63, 3.8) is 0 Å². The number of rotatable bonds is 10. The summed E-state index contributed by atoms with van der Waals surface area (Å²) in [7, 11) is 0. The van der Waals surface area contributed by atoms with Crippen molar-refractivity contribution in [2.45, 2.75) is 26.4 Å². The predicted molar refractivity (Wildman–Crippen MR) is 109 cm³/mol. The molecule has 7 nitrogen and oxygen atoms in total. The van der Waals surface area contributed by atoms with E-state index in [1.165, 1.54) is 4.90 Å². The molecule has 0 atom stereocenters. The van der Waals surface area contributed by atoms with E-state index in [0.717, 1.165) is 11.1 Å². The highest BCUT2D eigenvalue weighted by atomic mass is 16.5. The molecule has 0 unspecified atom stereocenters. The van der Waals surface area contributed by atoms with Gasteiger partial charge in [-0.1, -0.05) is 36.4 Å². The van der Waals surface area contributed by atoms with Gasteiger partial charge in [-0.05, 0) is 30.2 Å². The number of hydrogen-bond acceptors (Lipinski definition) is 6. The lowest BCUT2D eigenvalue weighted by Gasteiger charge is -2.20. The number of carbonyl (C=O) groups excluding carboxylic acids is 2. The van der Waals surface area contributed by atoms with Crippen LogP contribution in [0.15, 0.2) is 48.5 Å². The summed E-state index contributed by atoms with van der Waals surface area (Å²) in [6.45, 7) is 2.18. The number of nitriles is 2. The van der Waals surface area contributed by atoms with E-state index in [2.05, 4.69) is 0 Å². The van der Waals surface area contributed by atoms with Crippen LogP contribution >= 0.6 is 0 Å². The Morgan fingerprint density at radius 3 is 2.27 bits per heavy atom.